The van der Waals surface area contributed by atoms with Crippen LogP contribution in [0.5, 0.6) is 0 Å². The minimum Gasteiger partial charge on any atom is -0.355 e. The Balaban J connectivity index is 2.13. The Bertz CT molecular complexity index is 508. The van der Waals surface area contributed by atoms with Crippen LogP contribution in [0.3, 0.4) is 0 Å². The largest absolute Gasteiger partial charge is 0.355 e. The SMILES string of the molecule is CNC(=O)c1cccc(NC(=O)C2(CN)CCCC2)c1. The molecule has 2 amide bonds. The molecule has 1 fully saturated rings. The maximum Gasteiger partial charge on any atom is 0.251 e. The molecule has 20 heavy (non-hydrogen) atoms. The van der Waals surface area contributed by atoms with Gasteiger partial charge in [0, 0.05) is 24.8 Å². The summed E-state index contributed by atoms with van der Waals surface area (Å²) in [6, 6.07) is 6.92. The van der Waals surface area contributed by atoms with Gasteiger partial charge < -0.3 is 16.4 Å². The molecule has 0 heterocycles. The van der Waals surface area contributed by atoms with Gasteiger partial charge in [-0.05, 0) is 31.0 Å². The highest BCUT2D eigenvalue weighted by Gasteiger charge is 2.39. The molecular weight excluding hydrogens is 254 g/mol. The highest BCUT2D eigenvalue weighted by atomic mass is 16.2. The van der Waals surface area contributed by atoms with Crippen LogP contribution in [-0.4, -0.2) is 25.4 Å². The Morgan fingerprint density at radius 2 is 2.00 bits per heavy atom. The third-order valence-corrected chi connectivity index (χ3v) is 4.04. The molecule has 0 aromatic heterocycles. The van der Waals surface area contributed by atoms with Crippen LogP contribution < -0.4 is 16.4 Å². The zero-order valence-electron chi connectivity index (χ0n) is 11.7. The van der Waals surface area contributed by atoms with Gasteiger partial charge in [0.1, 0.15) is 0 Å². The van der Waals surface area contributed by atoms with Crippen LogP contribution >= 0.6 is 0 Å². The summed E-state index contributed by atoms with van der Waals surface area (Å²) >= 11 is 0. The van der Waals surface area contributed by atoms with E-state index in [1.165, 1.54) is 0 Å². The van der Waals surface area contributed by atoms with Crippen molar-refractivity contribution in [1.82, 2.24) is 5.32 Å². The molecule has 1 aliphatic carbocycles. The molecule has 1 aliphatic rings. The van der Waals surface area contributed by atoms with Crippen molar-refractivity contribution in [3.05, 3.63) is 29.8 Å². The van der Waals surface area contributed by atoms with Gasteiger partial charge in [-0.25, -0.2) is 0 Å². The van der Waals surface area contributed by atoms with Gasteiger partial charge in [0.05, 0.1) is 5.41 Å². The third kappa shape index (κ3) is 2.82. The van der Waals surface area contributed by atoms with Crippen molar-refractivity contribution in [2.45, 2.75) is 25.7 Å². The molecule has 0 atom stereocenters. The number of anilines is 1. The molecule has 1 aromatic rings. The highest BCUT2D eigenvalue weighted by molar-refractivity contribution is 5.98. The second kappa shape index (κ2) is 6.05. The number of hydrogen-bond acceptors (Lipinski definition) is 3. The first-order valence-electron chi connectivity index (χ1n) is 6.95. The molecule has 0 saturated heterocycles. The van der Waals surface area contributed by atoms with E-state index in [-0.39, 0.29) is 11.8 Å². The summed E-state index contributed by atoms with van der Waals surface area (Å²) in [7, 11) is 1.58. The van der Waals surface area contributed by atoms with Crippen LogP contribution in [0.4, 0.5) is 5.69 Å². The second-order valence-electron chi connectivity index (χ2n) is 5.31. The van der Waals surface area contributed by atoms with Crippen LogP contribution in [0.1, 0.15) is 36.0 Å². The summed E-state index contributed by atoms with van der Waals surface area (Å²) in [4.78, 5) is 24.0. The number of hydrogen-bond donors (Lipinski definition) is 3. The van der Waals surface area contributed by atoms with E-state index in [9.17, 15) is 9.59 Å². The molecular formula is C15H21N3O2. The van der Waals surface area contributed by atoms with Gasteiger partial charge in [0.15, 0.2) is 0 Å². The minimum atomic E-state index is -0.441. The van der Waals surface area contributed by atoms with Crippen molar-refractivity contribution >= 4 is 17.5 Å². The number of benzene rings is 1. The van der Waals surface area contributed by atoms with E-state index >= 15 is 0 Å². The van der Waals surface area contributed by atoms with Gasteiger partial charge in [-0.2, -0.15) is 0 Å². The number of carbonyl (C=O) groups is 2. The average Bonchev–Trinajstić information content (AvgIpc) is 2.97. The van der Waals surface area contributed by atoms with Gasteiger partial charge in [-0.3, -0.25) is 9.59 Å². The lowest BCUT2D eigenvalue weighted by molar-refractivity contribution is -0.124. The summed E-state index contributed by atoms with van der Waals surface area (Å²) < 4.78 is 0. The lowest BCUT2D eigenvalue weighted by Crippen LogP contribution is -2.40. The van der Waals surface area contributed by atoms with Crippen molar-refractivity contribution in [2.24, 2.45) is 11.1 Å². The lowest BCUT2D eigenvalue weighted by atomic mass is 9.85. The molecule has 0 unspecified atom stereocenters. The van der Waals surface area contributed by atoms with E-state index in [0.29, 0.717) is 17.8 Å². The van der Waals surface area contributed by atoms with Crippen LogP contribution in [-0.2, 0) is 4.79 Å². The molecule has 0 radical (unpaired) electrons. The number of carbonyl (C=O) groups excluding carboxylic acids is 2. The van der Waals surface area contributed by atoms with Crippen molar-refractivity contribution in [3.63, 3.8) is 0 Å². The van der Waals surface area contributed by atoms with Gasteiger partial charge >= 0.3 is 0 Å². The molecule has 0 spiro atoms. The van der Waals surface area contributed by atoms with Gasteiger partial charge in [0.2, 0.25) is 5.91 Å². The van der Waals surface area contributed by atoms with E-state index in [1.54, 1.807) is 31.3 Å². The first-order valence-corrected chi connectivity index (χ1v) is 6.95. The summed E-state index contributed by atoms with van der Waals surface area (Å²) in [5.74, 6) is -0.206. The summed E-state index contributed by atoms with van der Waals surface area (Å²) in [6.07, 6.45) is 3.76. The smallest absolute Gasteiger partial charge is 0.251 e. The Kier molecular flexibility index (Phi) is 4.39. The molecule has 1 aromatic carbocycles. The molecule has 108 valence electrons. The maximum absolute atomic E-state index is 12.4. The topological polar surface area (TPSA) is 84.2 Å². The monoisotopic (exact) mass is 275 g/mol. The lowest BCUT2D eigenvalue weighted by Gasteiger charge is -2.25. The van der Waals surface area contributed by atoms with E-state index in [4.69, 9.17) is 5.73 Å². The molecule has 1 saturated carbocycles. The number of nitrogens with one attached hydrogen (secondary N) is 2. The minimum absolute atomic E-state index is 0.0356. The summed E-state index contributed by atoms with van der Waals surface area (Å²) in [6.45, 7) is 0.369. The van der Waals surface area contributed by atoms with E-state index in [2.05, 4.69) is 10.6 Å². The number of nitrogens with two attached hydrogens (primary N) is 1. The molecule has 0 bridgehead atoms. The van der Waals surface area contributed by atoms with Gasteiger partial charge in [0.25, 0.3) is 5.91 Å². The molecule has 5 nitrogen and oxygen atoms in total. The Morgan fingerprint density at radius 3 is 2.60 bits per heavy atom. The predicted molar refractivity (Wildman–Crippen MR) is 78.4 cm³/mol. The molecule has 0 aliphatic heterocycles. The van der Waals surface area contributed by atoms with E-state index in [1.807, 2.05) is 0 Å². The quantitative estimate of drug-likeness (QED) is 0.778. The Labute approximate surface area is 118 Å². The fraction of sp³-hybridized carbons (Fsp3) is 0.467. The van der Waals surface area contributed by atoms with Crippen LogP contribution in [0.15, 0.2) is 24.3 Å². The first kappa shape index (κ1) is 14.5. The maximum atomic E-state index is 12.4. The fourth-order valence-electron chi connectivity index (χ4n) is 2.72. The van der Waals surface area contributed by atoms with Crippen molar-refractivity contribution in [2.75, 3.05) is 18.9 Å². The second-order valence-corrected chi connectivity index (χ2v) is 5.31. The van der Waals surface area contributed by atoms with E-state index in [0.717, 1.165) is 25.7 Å². The third-order valence-electron chi connectivity index (χ3n) is 4.04. The predicted octanol–water partition coefficient (Wildman–Crippen LogP) is 1.50. The van der Waals surface area contributed by atoms with Gasteiger partial charge in [-0.15, -0.1) is 0 Å². The van der Waals surface area contributed by atoms with E-state index < -0.39 is 5.41 Å². The first-order chi connectivity index (χ1) is 9.61. The summed E-state index contributed by atoms with van der Waals surface area (Å²) in [5.41, 5.74) is 6.52. The van der Waals surface area contributed by atoms with Crippen molar-refractivity contribution in [1.29, 1.82) is 0 Å². The van der Waals surface area contributed by atoms with Crippen LogP contribution in [0, 0.1) is 5.41 Å². The number of rotatable bonds is 4. The Hall–Kier alpha value is -1.88. The normalized spacial score (nSPS) is 16.7. The molecule has 2 rings (SSSR count). The van der Waals surface area contributed by atoms with Crippen LogP contribution in [0.2, 0.25) is 0 Å². The standard InChI is InChI=1S/C15H21N3O2/c1-17-13(19)11-5-4-6-12(9-11)18-14(20)15(10-16)7-2-3-8-15/h4-6,9H,2-3,7-8,10,16H2,1H3,(H,17,19)(H,18,20). The average molecular weight is 275 g/mol. The van der Waals surface area contributed by atoms with Crippen LogP contribution in [0.25, 0.3) is 0 Å². The van der Waals surface area contributed by atoms with Crippen molar-refractivity contribution < 1.29 is 9.59 Å². The van der Waals surface area contributed by atoms with Crippen molar-refractivity contribution in [3.8, 4) is 0 Å². The summed E-state index contributed by atoms with van der Waals surface area (Å²) in [5, 5.41) is 5.46. The zero-order valence-corrected chi connectivity index (χ0v) is 11.7. The van der Waals surface area contributed by atoms with Gasteiger partial charge in [-0.1, -0.05) is 18.9 Å². The molecule has 4 N–H and O–H groups in total. The zero-order chi connectivity index (χ0) is 14.6. The molecule has 5 heteroatoms. The number of amides is 2. The Morgan fingerprint density at radius 1 is 1.30 bits per heavy atom. The highest BCUT2D eigenvalue weighted by Crippen LogP contribution is 2.38. The fourth-order valence-corrected chi connectivity index (χ4v) is 2.72.